The number of halogens is 3. The van der Waals surface area contributed by atoms with E-state index in [1.807, 2.05) is 0 Å². The van der Waals surface area contributed by atoms with Crippen LogP contribution < -0.4 is 16.0 Å². The van der Waals surface area contributed by atoms with Crippen molar-refractivity contribution in [2.24, 2.45) is 0 Å². The van der Waals surface area contributed by atoms with E-state index in [2.05, 4.69) is 31.9 Å². The lowest BCUT2D eigenvalue weighted by Crippen LogP contribution is -2.30. The largest absolute Gasteiger partial charge is 0.323 e. The molecule has 0 radical (unpaired) electrons. The number of hydrogen-bond acceptors (Lipinski definition) is 4. The monoisotopic (exact) mass is 621 g/mol. The molecule has 0 unspecified atom stereocenters. The van der Waals surface area contributed by atoms with Gasteiger partial charge in [0.1, 0.15) is 17.3 Å². The summed E-state index contributed by atoms with van der Waals surface area (Å²) in [6, 6.07) is 25.0. The van der Waals surface area contributed by atoms with E-state index in [9.17, 15) is 23.2 Å². The quantitative estimate of drug-likeness (QED) is 0.141. The molecule has 0 aliphatic rings. The van der Waals surface area contributed by atoms with E-state index in [1.54, 1.807) is 60.7 Å². The van der Waals surface area contributed by atoms with Gasteiger partial charge in [-0.1, -0.05) is 46.3 Å². The summed E-state index contributed by atoms with van der Waals surface area (Å²) in [5, 5.41) is 7.90. The zero-order chi connectivity index (χ0) is 28.5. The van der Waals surface area contributed by atoms with Crippen LogP contribution in [0.2, 0.25) is 0 Å². The van der Waals surface area contributed by atoms with Crippen LogP contribution in [-0.2, 0) is 9.59 Å². The number of anilines is 2. The Morgan fingerprint density at radius 1 is 0.825 bits per heavy atom. The Bertz CT molecular complexity index is 1550. The molecule has 202 valence electrons. The second-order valence-corrected chi connectivity index (χ2v) is 10.3. The van der Waals surface area contributed by atoms with Gasteiger partial charge in [-0.3, -0.25) is 14.4 Å². The molecule has 6 nitrogen and oxygen atoms in total. The van der Waals surface area contributed by atoms with Gasteiger partial charge in [-0.25, -0.2) is 8.78 Å². The van der Waals surface area contributed by atoms with Gasteiger partial charge in [-0.2, -0.15) is 0 Å². The lowest BCUT2D eigenvalue weighted by molar-refractivity contribution is -0.114. The van der Waals surface area contributed by atoms with Gasteiger partial charge in [-0.05, 0) is 78.4 Å². The Kier molecular flexibility index (Phi) is 9.82. The molecule has 0 atom stereocenters. The highest BCUT2D eigenvalue weighted by atomic mass is 79.9. The van der Waals surface area contributed by atoms with Crippen molar-refractivity contribution in [2.75, 3.05) is 16.4 Å². The molecule has 0 bridgehead atoms. The lowest BCUT2D eigenvalue weighted by Gasteiger charge is -2.12. The molecule has 3 amide bonds. The van der Waals surface area contributed by atoms with Gasteiger partial charge in [0.15, 0.2) is 0 Å². The summed E-state index contributed by atoms with van der Waals surface area (Å²) < 4.78 is 27.9. The molecule has 4 aromatic carbocycles. The fourth-order valence-electron chi connectivity index (χ4n) is 3.43. The number of amides is 3. The first-order valence-electron chi connectivity index (χ1n) is 11.9. The molecule has 10 heteroatoms. The number of carbonyl (C=O) groups is 3. The molecule has 0 aliphatic carbocycles. The van der Waals surface area contributed by atoms with Gasteiger partial charge in [-0.15, -0.1) is 11.8 Å². The van der Waals surface area contributed by atoms with Crippen molar-refractivity contribution in [3.05, 3.63) is 130 Å². The molecular weight excluding hydrogens is 600 g/mol. The fourth-order valence-corrected chi connectivity index (χ4v) is 4.46. The number of benzene rings is 4. The zero-order valence-electron chi connectivity index (χ0n) is 20.8. The maximum atomic E-state index is 13.9. The van der Waals surface area contributed by atoms with Gasteiger partial charge in [0.2, 0.25) is 5.91 Å². The molecule has 40 heavy (non-hydrogen) atoms. The predicted molar refractivity (Wildman–Crippen MR) is 157 cm³/mol. The van der Waals surface area contributed by atoms with E-state index in [0.29, 0.717) is 21.3 Å². The minimum atomic E-state index is -0.579. The molecule has 4 rings (SSSR count). The second kappa shape index (κ2) is 13.7. The van der Waals surface area contributed by atoms with Gasteiger partial charge < -0.3 is 16.0 Å². The van der Waals surface area contributed by atoms with Crippen molar-refractivity contribution in [1.29, 1.82) is 0 Å². The smallest absolute Gasteiger partial charge is 0.272 e. The van der Waals surface area contributed by atoms with Gasteiger partial charge in [0, 0.05) is 20.6 Å². The molecule has 0 aromatic heterocycles. The van der Waals surface area contributed by atoms with E-state index in [0.717, 1.165) is 4.90 Å². The molecular formula is C30H22BrF2N3O3S. The van der Waals surface area contributed by atoms with E-state index < -0.39 is 23.4 Å². The molecule has 4 aromatic rings. The van der Waals surface area contributed by atoms with Gasteiger partial charge >= 0.3 is 0 Å². The van der Waals surface area contributed by atoms with Crippen LogP contribution in [0.1, 0.15) is 15.9 Å². The van der Waals surface area contributed by atoms with E-state index in [4.69, 9.17) is 0 Å². The van der Waals surface area contributed by atoms with Gasteiger partial charge in [0.25, 0.3) is 11.8 Å². The van der Waals surface area contributed by atoms with Crippen molar-refractivity contribution in [3.8, 4) is 0 Å². The fraction of sp³-hybridized carbons (Fsp3) is 0.0333. The minimum absolute atomic E-state index is 0.0317. The molecule has 0 heterocycles. The maximum Gasteiger partial charge on any atom is 0.272 e. The SMILES string of the molecule is O=C(CSc1ccc(NC(=O)/C(=C/c2ccc(F)cc2)NC(=O)c2ccccc2)cc1)Nc1ccc(Br)cc1F. The molecule has 3 N–H and O–H groups in total. The molecule has 0 aliphatic heterocycles. The topological polar surface area (TPSA) is 87.3 Å². The third-order valence-corrected chi connectivity index (χ3v) is 6.90. The van der Waals surface area contributed by atoms with Crippen LogP contribution in [0.15, 0.2) is 112 Å². The van der Waals surface area contributed by atoms with Crippen LogP contribution in [0.5, 0.6) is 0 Å². The van der Waals surface area contributed by atoms with Gasteiger partial charge in [0.05, 0.1) is 11.4 Å². The van der Waals surface area contributed by atoms with E-state index >= 15 is 0 Å². The highest BCUT2D eigenvalue weighted by molar-refractivity contribution is 9.10. The zero-order valence-corrected chi connectivity index (χ0v) is 23.2. The summed E-state index contributed by atoms with van der Waals surface area (Å²) in [6.45, 7) is 0. The van der Waals surface area contributed by atoms with Crippen LogP contribution in [0.3, 0.4) is 0 Å². The first-order valence-corrected chi connectivity index (χ1v) is 13.7. The molecule has 0 spiro atoms. The molecule has 0 saturated heterocycles. The predicted octanol–water partition coefficient (Wildman–Crippen LogP) is 6.87. The highest BCUT2D eigenvalue weighted by Crippen LogP contribution is 2.23. The molecule has 0 fully saturated rings. The second-order valence-electron chi connectivity index (χ2n) is 8.37. The summed E-state index contributed by atoms with van der Waals surface area (Å²) in [5.41, 5.74) is 1.41. The Balaban J connectivity index is 1.40. The van der Waals surface area contributed by atoms with Crippen molar-refractivity contribution in [1.82, 2.24) is 5.32 Å². The maximum absolute atomic E-state index is 13.9. The average Bonchev–Trinajstić information content (AvgIpc) is 2.95. The Morgan fingerprint density at radius 3 is 2.20 bits per heavy atom. The molecule has 0 saturated carbocycles. The van der Waals surface area contributed by atoms with Crippen LogP contribution >= 0.6 is 27.7 Å². The first-order chi connectivity index (χ1) is 19.3. The summed E-state index contributed by atoms with van der Waals surface area (Å²) in [6.07, 6.45) is 1.45. The first kappa shape index (κ1) is 28.7. The van der Waals surface area contributed by atoms with E-state index in [1.165, 1.54) is 54.2 Å². The third kappa shape index (κ3) is 8.36. The number of nitrogens with one attached hydrogen (secondary N) is 3. The summed E-state index contributed by atoms with van der Waals surface area (Å²) in [4.78, 5) is 38.8. The summed E-state index contributed by atoms with van der Waals surface area (Å²) in [7, 11) is 0. The van der Waals surface area contributed by atoms with E-state index in [-0.39, 0.29) is 23.0 Å². The van der Waals surface area contributed by atoms with Crippen molar-refractivity contribution in [3.63, 3.8) is 0 Å². The summed E-state index contributed by atoms with van der Waals surface area (Å²) >= 11 is 4.42. The van der Waals surface area contributed by atoms with Crippen LogP contribution in [-0.4, -0.2) is 23.5 Å². The average molecular weight is 622 g/mol. The lowest BCUT2D eigenvalue weighted by atomic mass is 10.1. The van der Waals surface area contributed by atoms with Crippen LogP contribution in [0.4, 0.5) is 20.2 Å². The van der Waals surface area contributed by atoms with Crippen molar-refractivity contribution < 1.29 is 23.2 Å². The summed E-state index contributed by atoms with van der Waals surface area (Å²) in [5.74, 6) is -2.33. The number of rotatable bonds is 9. The third-order valence-electron chi connectivity index (χ3n) is 5.40. The number of hydrogen-bond donors (Lipinski definition) is 3. The van der Waals surface area contributed by atoms with Crippen molar-refractivity contribution >= 4 is 62.9 Å². The number of carbonyl (C=O) groups excluding carboxylic acids is 3. The highest BCUT2D eigenvalue weighted by Gasteiger charge is 2.15. The standard InChI is InChI=1S/C30H22BrF2N3O3S/c31-21-8-15-26(25(33)17-21)35-28(37)18-40-24-13-11-23(12-14-24)34-30(39)27(16-19-6-9-22(32)10-7-19)36-29(38)20-4-2-1-3-5-20/h1-17H,18H2,(H,34,39)(H,35,37)(H,36,38)/b27-16-. The Labute approximate surface area is 242 Å². The Morgan fingerprint density at radius 2 is 1.52 bits per heavy atom. The minimum Gasteiger partial charge on any atom is -0.323 e. The Hall–Kier alpha value is -4.28. The number of thioether (sulfide) groups is 1. The van der Waals surface area contributed by atoms with Crippen LogP contribution in [0, 0.1) is 11.6 Å². The van der Waals surface area contributed by atoms with Crippen LogP contribution in [0.25, 0.3) is 6.08 Å². The van der Waals surface area contributed by atoms with Crippen molar-refractivity contribution in [2.45, 2.75) is 4.90 Å². The normalized spacial score (nSPS) is 11.0.